The van der Waals surface area contributed by atoms with E-state index >= 15 is 0 Å². The van der Waals surface area contributed by atoms with Gasteiger partial charge in [-0.3, -0.25) is 0 Å². The molecule has 0 aliphatic heterocycles. The molecule has 0 aromatic heterocycles. The first kappa shape index (κ1) is 16.1. The van der Waals surface area contributed by atoms with Gasteiger partial charge in [-0.05, 0) is 41.8 Å². The predicted octanol–water partition coefficient (Wildman–Crippen LogP) is 2.83. The molecule has 2 aromatic rings. The van der Waals surface area contributed by atoms with Gasteiger partial charge in [0.15, 0.2) is 0 Å². The summed E-state index contributed by atoms with van der Waals surface area (Å²) in [6, 6.07) is 14.7. The van der Waals surface area contributed by atoms with E-state index in [9.17, 15) is 9.59 Å². The molecule has 0 fully saturated rings. The maximum absolute atomic E-state index is 10.1. The molecule has 0 amide bonds. The Bertz CT molecular complexity index is 594. The van der Waals surface area contributed by atoms with Crippen molar-refractivity contribution in [2.75, 3.05) is 0 Å². The third-order valence-electron chi connectivity index (χ3n) is 2.63. The minimum Gasteiger partial charge on any atom is -0.211 e. The van der Waals surface area contributed by atoms with E-state index in [-0.39, 0.29) is 23.9 Å². The number of benzene rings is 2. The van der Waals surface area contributed by atoms with Gasteiger partial charge in [0.2, 0.25) is 12.2 Å². The number of isocyanates is 2. The number of aliphatic imine (C=N–C) groups is 2. The van der Waals surface area contributed by atoms with E-state index in [1.54, 1.807) is 24.3 Å². The zero-order chi connectivity index (χ0) is 13.5. The molecule has 0 spiro atoms. The average molecular weight is 369 g/mol. The summed E-state index contributed by atoms with van der Waals surface area (Å²) in [6.45, 7) is 0. The fourth-order valence-electron chi connectivity index (χ4n) is 1.72. The quantitative estimate of drug-likeness (QED) is 0.473. The van der Waals surface area contributed by atoms with Crippen molar-refractivity contribution in [1.82, 2.24) is 0 Å². The van der Waals surface area contributed by atoms with Crippen LogP contribution < -0.4 is 0 Å². The van der Waals surface area contributed by atoms with E-state index in [0.717, 1.165) is 17.5 Å². The molecule has 20 heavy (non-hydrogen) atoms. The van der Waals surface area contributed by atoms with Crippen molar-refractivity contribution < 1.29 is 9.59 Å². The van der Waals surface area contributed by atoms with Crippen LogP contribution >= 0.6 is 0 Å². The Kier molecular flexibility index (Phi) is 6.60. The van der Waals surface area contributed by atoms with Crippen LogP contribution in [0.25, 0.3) is 0 Å². The number of carbonyl (C=O) groups excluding carboxylic acids is 2. The van der Waals surface area contributed by atoms with Gasteiger partial charge in [-0.2, -0.15) is 9.98 Å². The van der Waals surface area contributed by atoms with Crippen LogP contribution in [0.4, 0.5) is 11.4 Å². The summed E-state index contributed by atoms with van der Waals surface area (Å²) < 4.78 is 0. The van der Waals surface area contributed by atoms with Crippen molar-refractivity contribution >= 4 is 47.4 Å². The Balaban J connectivity index is 0.00000200. The van der Waals surface area contributed by atoms with Crippen LogP contribution in [0.3, 0.4) is 0 Å². The summed E-state index contributed by atoms with van der Waals surface area (Å²) >= 11 is 0. The third-order valence-corrected chi connectivity index (χ3v) is 2.63. The molecular weight excluding hydrogens is 359 g/mol. The first-order valence-electron chi connectivity index (χ1n) is 5.65. The third kappa shape index (κ3) is 4.59. The van der Waals surface area contributed by atoms with Gasteiger partial charge < -0.3 is 0 Å². The maximum atomic E-state index is 10.1. The fraction of sp³-hybridized carbons (Fsp3) is 0.0667. The van der Waals surface area contributed by atoms with E-state index in [4.69, 9.17) is 0 Å². The van der Waals surface area contributed by atoms with Crippen LogP contribution in [0.15, 0.2) is 58.5 Å². The van der Waals surface area contributed by atoms with Gasteiger partial charge in [-0.25, -0.2) is 9.59 Å². The summed E-state index contributed by atoms with van der Waals surface area (Å²) in [4.78, 5) is 27.3. The predicted molar refractivity (Wildman–Crippen MR) is 77.0 cm³/mol. The van der Waals surface area contributed by atoms with Gasteiger partial charge in [0.05, 0.1) is 11.4 Å². The molecule has 0 saturated heterocycles. The van der Waals surface area contributed by atoms with E-state index in [0.29, 0.717) is 11.4 Å². The van der Waals surface area contributed by atoms with Crippen molar-refractivity contribution in [2.45, 2.75) is 6.42 Å². The van der Waals surface area contributed by atoms with Crippen LogP contribution in [-0.2, 0) is 16.0 Å². The van der Waals surface area contributed by atoms with Crippen LogP contribution in [0.2, 0.25) is 0 Å². The first-order chi connectivity index (χ1) is 9.31. The summed E-state index contributed by atoms with van der Waals surface area (Å²) in [7, 11) is 0. The van der Waals surface area contributed by atoms with Gasteiger partial charge in [-0.15, -0.1) is 0 Å². The van der Waals surface area contributed by atoms with Crippen molar-refractivity contribution in [2.24, 2.45) is 9.98 Å². The molecule has 0 saturated carbocycles. The van der Waals surface area contributed by atoms with Crippen molar-refractivity contribution in [3.8, 4) is 0 Å². The second kappa shape index (κ2) is 8.23. The first-order valence-corrected chi connectivity index (χ1v) is 5.65. The largest absolute Gasteiger partial charge is 0.240 e. The Labute approximate surface area is 133 Å². The second-order valence-corrected chi connectivity index (χ2v) is 3.92. The summed E-state index contributed by atoms with van der Waals surface area (Å²) in [5.74, 6) is 0. The molecule has 2 aromatic carbocycles. The van der Waals surface area contributed by atoms with Crippen LogP contribution in [0.1, 0.15) is 11.1 Å². The van der Waals surface area contributed by atoms with Gasteiger partial charge in [0, 0.05) is 23.9 Å². The molecule has 96 valence electrons. The monoisotopic (exact) mass is 370 g/mol. The molecule has 0 unspecified atom stereocenters. The second-order valence-electron chi connectivity index (χ2n) is 3.92. The topological polar surface area (TPSA) is 58.9 Å². The van der Waals surface area contributed by atoms with Gasteiger partial charge in [0.25, 0.3) is 0 Å². The summed E-state index contributed by atoms with van der Waals surface area (Å²) in [6.07, 6.45) is 3.77. The zero-order valence-corrected chi connectivity index (χ0v) is 13.4. The molecule has 2 rings (SSSR count). The molecule has 0 aliphatic carbocycles. The normalized spacial score (nSPS) is 8.80. The minimum absolute atomic E-state index is 0. The zero-order valence-electron chi connectivity index (χ0n) is 10.5. The van der Waals surface area contributed by atoms with E-state index < -0.39 is 0 Å². The number of nitrogens with zero attached hydrogens (tertiary/aromatic N) is 2. The smallest absolute Gasteiger partial charge is 0.211 e. The standard InChI is InChI=1S/C15H10N2O2.Sn/c18-10-16-14-5-1-12(2-6-14)9-13-3-7-15(8-4-13)17-11-19;/h1-8H,9H2;. The van der Waals surface area contributed by atoms with E-state index in [1.165, 1.54) is 12.2 Å². The molecular formula is C15H10N2O2Sn. The van der Waals surface area contributed by atoms with Crippen molar-refractivity contribution in [3.05, 3.63) is 59.7 Å². The Morgan fingerprint density at radius 3 is 1.35 bits per heavy atom. The van der Waals surface area contributed by atoms with Crippen LogP contribution in [-0.4, -0.2) is 36.1 Å². The average Bonchev–Trinajstić information content (AvgIpc) is 2.44. The molecule has 4 nitrogen and oxygen atoms in total. The molecule has 0 atom stereocenters. The molecule has 0 bridgehead atoms. The van der Waals surface area contributed by atoms with E-state index in [2.05, 4.69) is 9.98 Å². The Morgan fingerprint density at radius 1 is 0.700 bits per heavy atom. The molecule has 0 aliphatic rings. The van der Waals surface area contributed by atoms with Gasteiger partial charge in [-0.1, -0.05) is 24.3 Å². The Morgan fingerprint density at radius 2 is 1.05 bits per heavy atom. The van der Waals surface area contributed by atoms with Crippen molar-refractivity contribution in [1.29, 1.82) is 0 Å². The van der Waals surface area contributed by atoms with Crippen LogP contribution in [0, 0.1) is 0 Å². The maximum Gasteiger partial charge on any atom is 0.240 e. The minimum atomic E-state index is 0. The SMILES string of the molecule is O=C=Nc1ccc(Cc2ccc(N=C=O)cc2)cc1.[Sn]. The van der Waals surface area contributed by atoms with Crippen molar-refractivity contribution in [3.63, 3.8) is 0 Å². The van der Waals surface area contributed by atoms with E-state index in [1.807, 2.05) is 24.3 Å². The molecule has 5 heteroatoms. The van der Waals surface area contributed by atoms with Gasteiger partial charge >= 0.3 is 0 Å². The molecule has 0 N–H and O–H groups in total. The summed E-state index contributed by atoms with van der Waals surface area (Å²) in [5, 5.41) is 0. The van der Waals surface area contributed by atoms with Gasteiger partial charge in [0.1, 0.15) is 0 Å². The molecule has 0 heterocycles. The van der Waals surface area contributed by atoms with Crippen LogP contribution in [0.5, 0.6) is 0 Å². The fourth-order valence-corrected chi connectivity index (χ4v) is 1.72. The Hall–Kier alpha value is -2.00. The summed E-state index contributed by atoms with van der Waals surface area (Å²) in [5.41, 5.74) is 3.40. The number of hydrogen-bond acceptors (Lipinski definition) is 4. The molecule has 4 radical (unpaired) electrons. The number of rotatable bonds is 4. The number of hydrogen-bond donors (Lipinski definition) is 0.